The van der Waals surface area contributed by atoms with Crippen LogP contribution in [0.25, 0.3) is 0 Å². The highest BCUT2D eigenvalue weighted by Gasteiger charge is 2.28. The van der Waals surface area contributed by atoms with Crippen LogP contribution in [0.5, 0.6) is 5.75 Å². The van der Waals surface area contributed by atoms with Gasteiger partial charge in [-0.05, 0) is 56.0 Å². The Kier molecular flexibility index (Phi) is 8.44. The van der Waals surface area contributed by atoms with Gasteiger partial charge < -0.3 is 15.0 Å². The summed E-state index contributed by atoms with van der Waals surface area (Å²) in [4.78, 5) is 27.4. The number of amides is 2. The van der Waals surface area contributed by atoms with E-state index in [1.54, 1.807) is 24.0 Å². The van der Waals surface area contributed by atoms with Crippen molar-refractivity contribution in [1.29, 1.82) is 0 Å². The Morgan fingerprint density at radius 2 is 1.77 bits per heavy atom. The zero-order valence-corrected chi connectivity index (χ0v) is 18.1. The first-order valence-electron chi connectivity index (χ1n) is 11.0. The fourth-order valence-electron chi connectivity index (χ4n) is 3.83. The fourth-order valence-corrected chi connectivity index (χ4v) is 3.83. The Morgan fingerprint density at radius 3 is 2.45 bits per heavy atom. The summed E-state index contributed by atoms with van der Waals surface area (Å²) in [5, 5.41) is 3.08. The van der Waals surface area contributed by atoms with Crippen LogP contribution in [0.15, 0.2) is 54.6 Å². The molecule has 2 aromatic carbocycles. The quantitative estimate of drug-likeness (QED) is 0.571. The molecule has 1 aliphatic carbocycles. The molecule has 0 spiro atoms. The normalized spacial score (nSPS) is 14.8. The summed E-state index contributed by atoms with van der Waals surface area (Å²) in [6.45, 7) is 2.44. The van der Waals surface area contributed by atoms with E-state index in [1.807, 2.05) is 30.3 Å². The molecule has 0 unspecified atom stereocenters. The Morgan fingerprint density at radius 1 is 1.10 bits per heavy atom. The Bertz CT molecular complexity index is 836. The number of hydrogen-bond donors (Lipinski definition) is 1. The molecule has 0 aromatic heterocycles. The van der Waals surface area contributed by atoms with Crippen LogP contribution < -0.4 is 10.1 Å². The zero-order valence-electron chi connectivity index (χ0n) is 18.1. The molecule has 1 saturated carbocycles. The van der Waals surface area contributed by atoms with Gasteiger partial charge in [0, 0.05) is 19.0 Å². The molecule has 0 saturated heterocycles. The average molecular weight is 427 g/mol. The summed E-state index contributed by atoms with van der Waals surface area (Å²) >= 11 is 0. The van der Waals surface area contributed by atoms with Gasteiger partial charge >= 0.3 is 0 Å². The third-order valence-corrected chi connectivity index (χ3v) is 5.68. The minimum absolute atomic E-state index is 0.116. The molecular formula is C25H31FN2O3. The molecule has 0 heterocycles. The Hall–Kier alpha value is -2.89. The molecule has 2 amide bonds. The second-order valence-corrected chi connectivity index (χ2v) is 8.08. The second-order valence-electron chi connectivity index (χ2n) is 8.08. The van der Waals surface area contributed by atoms with Gasteiger partial charge in [0.2, 0.25) is 11.8 Å². The maximum absolute atomic E-state index is 13.3. The molecule has 1 aliphatic rings. The fraction of sp³-hybridized carbons (Fsp3) is 0.440. The molecule has 0 aliphatic heterocycles. The van der Waals surface area contributed by atoms with Crippen LogP contribution in [-0.4, -0.2) is 35.4 Å². The number of rotatable bonds is 10. The molecule has 6 heteroatoms. The predicted molar refractivity (Wildman–Crippen MR) is 118 cm³/mol. The van der Waals surface area contributed by atoms with Crippen LogP contribution >= 0.6 is 0 Å². The van der Waals surface area contributed by atoms with Crippen molar-refractivity contribution in [3.05, 3.63) is 66.0 Å². The number of nitrogens with zero attached hydrogens (tertiary/aromatic N) is 1. The minimum Gasteiger partial charge on any atom is -0.494 e. The molecule has 0 bridgehead atoms. The van der Waals surface area contributed by atoms with Crippen LogP contribution in [0.4, 0.5) is 4.39 Å². The molecule has 31 heavy (non-hydrogen) atoms. The van der Waals surface area contributed by atoms with Crippen molar-refractivity contribution in [2.45, 2.75) is 64.1 Å². The maximum Gasteiger partial charge on any atom is 0.242 e. The lowest BCUT2D eigenvalue weighted by molar-refractivity contribution is -0.141. The first kappa shape index (κ1) is 22.8. The summed E-state index contributed by atoms with van der Waals surface area (Å²) in [7, 11) is 0. The van der Waals surface area contributed by atoms with E-state index in [0.29, 0.717) is 13.0 Å². The highest BCUT2D eigenvalue weighted by atomic mass is 19.1. The van der Waals surface area contributed by atoms with Gasteiger partial charge in [-0.15, -0.1) is 0 Å². The number of ether oxygens (including phenoxy) is 1. The third kappa shape index (κ3) is 7.09. The molecule has 3 rings (SSSR count). The smallest absolute Gasteiger partial charge is 0.242 e. The van der Waals surface area contributed by atoms with Gasteiger partial charge in [-0.25, -0.2) is 4.39 Å². The van der Waals surface area contributed by atoms with Gasteiger partial charge in [0.1, 0.15) is 17.6 Å². The summed E-state index contributed by atoms with van der Waals surface area (Å²) in [6.07, 6.45) is 5.04. The van der Waals surface area contributed by atoms with Crippen molar-refractivity contribution < 1.29 is 18.7 Å². The number of para-hydroxylation sites is 1. The lowest BCUT2D eigenvalue weighted by atomic mass is 10.1. The topological polar surface area (TPSA) is 58.6 Å². The maximum atomic E-state index is 13.3. The Labute approximate surface area is 183 Å². The molecule has 2 aromatic rings. The van der Waals surface area contributed by atoms with Gasteiger partial charge in [0.05, 0.1) is 6.61 Å². The van der Waals surface area contributed by atoms with E-state index in [9.17, 15) is 14.0 Å². The van der Waals surface area contributed by atoms with E-state index in [-0.39, 0.29) is 36.6 Å². The van der Waals surface area contributed by atoms with Gasteiger partial charge in [0.15, 0.2) is 0 Å². The lowest BCUT2D eigenvalue weighted by Crippen LogP contribution is -2.49. The van der Waals surface area contributed by atoms with E-state index in [1.165, 1.54) is 12.1 Å². The van der Waals surface area contributed by atoms with Crippen molar-refractivity contribution >= 4 is 11.8 Å². The second kappa shape index (κ2) is 11.5. The van der Waals surface area contributed by atoms with E-state index in [0.717, 1.165) is 37.0 Å². The summed E-state index contributed by atoms with van der Waals surface area (Å²) in [5.74, 6) is 0.187. The first-order valence-corrected chi connectivity index (χ1v) is 11.0. The van der Waals surface area contributed by atoms with Gasteiger partial charge in [-0.3, -0.25) is 9.59 Å². The van der Waals surface area contributed by atoms with Crippen molar-refractivity contribution in [3.8, 4) is 5.75 Å². The molecule has 1 fully saturated rings. The van der Waals surface area contributed by atoms with Crippen LogP contribution in [-0.2, 0) is 16.1 Å². The molecular weight excluding hydrogens is 395 g/mol. The zero-order chi connectivity index (χ0) is 22.1. The largest absolute Gasteiger partial charge is 0.494 e. The van der Waals surface area contributed by atoms with Crippen molar-refractivity contribution in [2.24, 2.45) is 0 Å². The van der Waals surface area contributed by atoms with Gasteiger partial charge in [-0.2, -0.15) is 0 Å². The standard InChI is InChI=1S/C25H31FN2O3/c1-19(25(30)27-22-8-5-6-9-22)28(18-20-13-15-21(26)16-14-20)24(29)12-7-17-31-23-10-3-2-4-11-23/h2-4,10-11,13-16,19,22H,5-9,12,17-18H2,1H3,(H,27,30)/t19-/m1/s1. The number of halogens is 1. The Balaban J connectivity index is 1.59. The number of hydrogen-bond acceptors (Lipinski definition) is 3. The van der Waals surface area contributed by atoms with E-state index >= 15 is 0 Å². The summed E-state index contributed by atoms with van der Waals surface area (Å²) in [6, 6.07) is 15.1. The van der Waals surface area contributed by atoms with Crippen LogP contribution in [0.1, 0.15) is 51.0 Å². The highest BCUT2D eigenvalue weighted by molar-refractivity contribution is 5.87. The van der Waals surface area contributed by atoms with Crippen molar-refractivity contribution in [3.63, 3.8) is 0 Å². The third-order valence-electron chi connectivity index (χ3n) is 5.68. The minimum atomic E-state index is -0.604. The van der Waals surface area contributed by atoms with E-state index < -0.39 is 6.04 Å². The highest BCUT2D eigenvalue weighted by Crippen LogP contribution is 2.19. The number of benzene rings is 2. The first-order chi connectivity index (χ1) is 15.0. The molecule has 1 atom stereocenters. The monoisotopic (exact) mass is 426 g/mol. The molecule has 0 radical (unpaired) electrons. The molecule has 166 valence electrons. The summed E-state index contributed by atoms with van der Waals surface area (Å²) < 4.78 is 19.0. The van der Waals surface area contributed by atoms with Crippen LogP contribution in [0.2, 0.25) is 0 Å². The lowest BCUT2D eigenvalue weighted by Gasteiger charge is -2.30. The van der Waals surface area contributed by atoms with E-state index in [4.69, 9.17) is 4.74 Å². The number of carbonyl (C=O) groups is 2. The molecule has 1 N–H and O–H groups in total. The summed E-state index contributed by atoms with van der Waals surface area (Å²) in [5.41, 5.74) is 0.788. The van der Waals surface area contributed by atoms with Crippen LogP contribution in [0, 0.1) is 5.82 Å². The predicted octanol–water partition coefficient (Wildman–Crippen LogP) is 4.46. The molecule has 5 nitrogen and oxygen atoms in total. The van der Waals surface area contributed by atoms with Crippen LogP contribution in [0.3, 0.4) is 0 Å². The average Bonchev–Trinajstić information content (AvgIpc) is 3.29. The number of nitrogens with one attached hydrogen (secondary N) is 1. The van der Waals surface area contributed by atoms with Crippen molar-refractivity contribution in [2.75, 3.05) is 6.61 Å². The van der Waals surface area contributed by atoms with Gasteiger partial charge in [0.25, 0.3) is 0 Å². The number of carbonyl (C=O) groups excluding carboxylic acids is 2. The van der Waals surface area contributed by atoms with E-state index in [2.05, 4.69) is 5.32 Å². The SMILES string of the molecule is C[C@H](C(=O)NC1CCCC1)N(Cc1ccc(F)cc1)C(=O)CCCOc1ccccc1. The van der Waals surface area contributed by atoms with Crippen molar-refractivity contribution in [1.82, 2.24) is 10.2 Å². The van der Waals surface area contributed by atoms with Gasteiger partial charge in [-0.1, -0.05) is 43.2 Å².